The van der Waals surface area contributed by atoms with Gasteiger partial charge in [-0.15, -0.1) is 0 Å². The minimum atomic E-state index is -0.521. The number of carbonyl (C=O) groups is 1. The molecule has 0 radical (unpaired) electrons. The third kappa shape index (κ3) is 3.97. The van der Waals surface area contributed by atoms with Crippen LogP contribution < -0.4 is 0 Å². The van der Waals surface area contributed by atoms with Gasteiger partial charge in [0.15, 0.2) is 0 Å². The van der Waals surface area contributed by atoms with Crippen LogP contribution in [0.25, 0.3) is 10.9 Å². The molecule has 2 aromatic rings. The van der Waals surface area contributed by atoms with E-state index in [-0.39, 0.29) is 5.41 Å². The number of aliphatic imine (C=N–C) groups is 1. The van der Waals surface area contributed by atoms with Crippen LogP contribution >= 0.6 is 0 Å². The average molecular weight is 300 g/mol. The first-order valence-corrected chi connectivity index (χ1v) is 7.61. The second-order valence-electron chi connectivity index (χ2n) is 6.96. The van der Waals surface area contributed by atoms with Crippen molar-refractivity contribution in [2.75, 3.05) is 6.61 Å². The summed E-state index contributed by atoms with van der Waals surface area (Å²) < 4.78 is 5.19. The molecule has 1 heterocycles. The molecule has 0 unspecified atom stereocenters. The number of aromatic amines is 1. The second-order valence-corrected chi connectivity index (χ2v) is 6.96. The van der Waals surface area contributed by atoms with Gasteiger partial charge in [-0.2, -0.15) is 4.99 Å². The van der Waals surface area contributed by atoms with Crippen molar-refractivity contribution in [1.82, 2.24) is 4.98 Å². The minimum Gasteiger partial charge on any atom is -0.448 e. The monoisotopic (exact) mass is 300 g/mol. The lowest BCUT2D eigenvalue weighted by molar-refractivity contribution is 0.143. The van der Waals surface area contributed by atoms with E-state index in [0.717, 1.165) is 22.2 Å². The second kappa shape index (κ2) is 6.34. The van der Waals surface area contributed by atoms with Crippen LogP contribution in [-0.2, 0) is 4.74 Å². The molecule has 4 heteroatoms. The topological polar surface area (TPSA) is 54.4 Å². The number of amides is 1. The Morgan fingerprint density at radius 1 is 1.27 bits per heavy atom. The van der Waals surface area contributed by atoms with Crippen LogP contribution in [0, 0.1) is 11.3 Å². The number of nitrogens with one attached hydrogen (secondary N) is 1. The molecule has 0 aliphatic heterocycles. The van der Waals surface area contributed by atoms with Gasteiger partial charge in [0.1, 0.15) is 0 Å². The molecule has 22 heavy (non-hydrogen) atoms. The van der Waals surface area contributed by atoms with Crippen molar-refractivity contribution in [2.45, 2.75) is 34.6 Å². The van der Waals surface area contributed by atoms with E-state index in [1.54, 1.807) is 0 Å². The van der Waals surface area contributed by atoms with E-state index in [1.165, 1.54) is 0 Å². The lowest BCUT2D eigenvalue weighted by Crippen LogP contribution is -2.23. The van der Waals surface area contributed by atoms with Crippen LogP contribution in [-0.4, -0.2) is 23.4 Å². The summed E-state index contributed by atoms with van der Waals surface area (Å²) in [6.07, 6.45) is 1.38. The van der Waals surface area contributed by atoms with Gasteiger partial charge in [0.05, 0.1) is 12.3 Å². The van der Waals surface area contributed by atoms with Gasteiger partial charge < -0.3 is 9.72 Å². The van der Waals surface area contributed by atoms with Crippen molar-refractivity contribution in [1.29, 1.82) is 0 Å². The number of benzene rings is 1. The first-order valence-electron chi connectivity index (χ1n) is 7.61. The summed E-state index contributed by atoms with van der Waals surface area (Å²) in [6.45, 7) is 10.5. The van der Waals surface area contributed by atoms with Gasteiger partial charge in [0.25, 0.3) is 0 Å². The van der Waals surface area contributed by atoms with Crippen molar-refractivity contribution < 1.29 is 9.53 Å². The van der Waals surface area contributed by atoms with Crippen LogP contribution in [0.15, 0.2) is 35.5 Å². The molecule has 4 nitrogen and oxygen atoms in total. The lowest BCUT2D eigenvalue weighted by atomic mass is 9.85. The number of nitrogens with zero attached hydrogens (tertiary/aromatic N) is 1. The number of H-pyrrole nitrogens is 1. The Morgan fingerprint density at radius 3 is 2.64 bits per heavy atom. The zero-order valence-electron chi connectivity index (χ0n) is 13.9. The van der Waals surface area contributed by atoms with Crippen molar-refractivity contribution in [3.63, 3.8) is 0 Å². The molecular formula is C18H24N2O2. The molecule has 0 aliphatic rings. The maximum Gasteiger partial charge on any atom is 0.433 e. The molecule has 0 bridgehead atoms. The molecule has 1 aromatic carbocycles. The van der Waals surface area contributed by atoms with Gasteiger partial charge in [-0.3, -0.25) is 0 Å². The Labute approximate surface area is 131 Å². The fourth-order valence-corrected chi connectivity index (χ4v) is 2.23. The molecule has 0 aliphatic carbocycles. The Bertz CT molecular complexity index is 690. The number of aromatic nitrogens is 1. The number of ether oxygens (including phenoxy) is 1. The van der Waals surface area contributed by atoms with Gasteiger partial charge in [0.2, 0.25) is 0 Å². The van der Waals surface area contributed by atoms with Crippen LogP contribution in [0.1, 0.15) is 40.2 Å². The van der Waals surface area contributed by atoms with Crippen molar-refractivity contribution in [3.05, 3.63) is 36.0 Å². The Morgan fingerprint density at radius 2 is 2.00 bits per heavy atom. The first kappa shape index (κ1) is 16.3. The van der Waals surface area contributed by atoms with Gasteiger partial charge >= 0.3 is 6.09 Å². The van der Waals surface area contributed by atoms with Gasteiger partial charge in [-0.1, -0.05) is 40.7 Å². The van der Waals surface area contributed by atoms with Crippen molar-refractivity contribution in [3.8, 4) is 0 Å². The third-order valence-electron chi connectivity index (χ3n) is 3.28. The minimum absolute atomic E-state index is 0.249. The largest absolute Gasteiger partial charge is 0.448 e. The molecule has 0 atom stereocenters. The Balaban J connectivity index is 2.35. The summed E-state index contributed by atoms with van der Waals surface area (Å²) in [5.41, 5.74) is 2.51. The van der Waals surface area contributed by atoms with E-state index in [0.29, 0.717) is 12.5 Å². The summed E-state index contributed by atoms with van der Waals surface area (Å²) >= 11 is 0. The van der Waals surface area contributed by atoms with Crippen LogP contribution in [0.3, 0.4) is 0 Å². The zero-order valence-corrected chi connectivity index (χ0v) is 13.9. The molecule has 1 aromatic heterocycles. The van der Waals surface area contributed by atoms with Crippen LogP contribution in [0.4, 0.5) is 4.79 Å². The van der Waals surface area contributed by atoms with Crippen molar-refractivity contribution >= 4 is 22.7 Å². The normalized spacial score (nSPS) is 12.9. The van der Waals surface area contributed by atoms with Gasteiger partial charge in [-0.05, 0) is 29.7 Å². The van der Waals surface area contributed by atoms with E-state index < -0.39 is 6.09 Å². The molecule has 2 rings (SSSR count). The quantitative estimate of drug-likeness (QED) is 0.828. The maximum absolute atomic E-state index is 12.0. The zero-order chi connectivity index (χ0) is 16.3. The summed E-state index contributed by atoms with van der Waals surface area (Å²) in [5, 5.41) is 1.10. The number of fused-ring (bicyclic) bond motifs is 1. The van der Waals surface area contributed by atoms with E-state index >= 15 is 0 Å². The summed E-state index contributed by atoms with van der Waals surface area (Å²) in [7, 11) is 0. The molecule has 1 amide bonds. The highest BCUT2D eigenvalue weighted by Gasteiger charge is 2.23. The lowest BCUT2D eigenvalue weighted by Gasteiger charge is -2.21. The highest BCUT2D eigenvalue weighted by molar-refractivity contribution is 6.09. The van der Waals surface area contributed by atoms with Crippen molar-refractivity contribution in [2.24, 2.45) is 16.3 Å². The standard InChI is InChI=1S/C18H24N2O2/c1-12(2)11-22-17(21)20-16(18(3,4)5)14-6-7-15-13(10-14)8-9-19-15/h6-10,12,19H,11H2,1-5H3/b20-16+. The number of hydrogen-bond acceptors (Lipinski definition) is 2. The Hall–Kier alpha value is -2.10. The third-order valence-corrected chi connectivity index (χ3v) is 3.28. The number of rotatable bonds is 3. The number of hydrogen-bond donors (Lipinski definition) is 1. The van der Waals surface area contributed by atoms with E-state index in [2.05, 4.69) is 9.98 Å². The molecule has 0 spiro atoms. The molecule has 0 saturated carbocycles. The molecule has 0 saturated heterocycles. The molecule has 118 valence electrons. The fraction of sp³-hybridized carbons (Fsp3) is 0.444. The molecule has 1 N–H and O–H groups in total. The Kier molecular flexibility index (Phi) is 4.69. The molecule has 0 fully saturated rings. The summed E-state index contributed by atoms with van der Waals surface area (Å²) in [6, 6.07) is 8.05. The maximum atomic E-state index is 12.0. The predicted molar refractivity (Wildman–Crippen MR) is 90.5 cm³/mol. The average Bonchev–Trinajstić information content (AvgIpc) is 2.88. The van der Waals surface area contributed by atoms with E-state index in [1.807, 2.05) is 65.1 Å². The summed E-state index contributed by atoms with van der Waals surface area (Å²) in [4.78, 5) is 19.4. The van der Waals surface area contributed by atoms with E-state index in [9.17, 15) is 4.79 Å². The fourth-order valence-electron chi connectivity index (χ4n) is 2.23. The molecular weight excluding hydrogens is 276 g/mol. The van der Waals surface area contributed by atoms with E-state index in [4.69, 9.17) is 4.74 Å². The highest BCUT2D eigenvalue weighted by atomic mass is 16.5. The summed E-state index contributed by atoms with van der Waals surface area (Å²) in [5.74, 6) is 0.299. The SMILES string of the molecule is CC(C)COC(=O)/N=C(\c1ccc2[nH]ccc2c1)C(C)(C)C. The van der Waals surface area contributed by atoms with Gasteiger partial charge in [-0.25, -0.2) is 4.79 Å². The first-order chi connectivity index (χ1) is 10.3. The predicted octanol–water partition coefficient (Wildman–Crippen LogP) is 4.80. The highest BCUT2D eigenvalue weighted by Crippen LogP contribution is 2.25. The smallest absolute Gasteiger partial charge is 0.433 e. The van der Waals surface area contributed by atoms with Crippen LogP contribution in [0.5, 0.6) is 0 Å². The van der Waals surface area contributed by atoms with Gasteiger partial charge in [0, 0.05) is 22.5 Å². The number of carbonyl (C=O) groups excluding carboxylic acids is 1. The van der Waals surface area contributed by atoms with Crippen LogP contribution in [0.2, 0.25) is 0 Å².